The van der Waals surface area contributed by atoms with Crippen molar-refractivity contribution in [3.05, 3.63) is 80.2 Å². The van der Waals surface area contributed by atoms with Gasteiger partial charge in [0.05, 0.1) is 6.54 Å². The Bertz CT molecular complexity index is 1140. The van der Waals surface area contributed by atoms with Crippen LogP contribution in [-0.2, 0) is 19.6 Å². The quantitative estimate of drug-likeness (QED) is 0.613. The van der Waals surface area contributed by atoms with Gasteiger partial charge in [-0.1, -0.05) is 35.9 Å². The zero-order valence-corrected chi connectivity index (χ0v) is 19.2. The van der Waals surface area contributed by atoms with E-state index in [1.54, 1.807) is 4.57 Å². The number of aromatic nitrogens is 1. The van der Waals surface area contributed by atoms with Crippen molar-refractivity contribution in [2.45, 2.75) is 26.5 Å². The van der Waals surface area contributed by atoms with E-state index >= 15 is 0 Å². The largest absolute Gasteiger partial charge is 0.487 e. The summed E-state index contributed by atoms with van der Waals surface area (Å²) < 4.78 is 7.60. The minimum Gasteiger partial charge on any atom is -0.487 e. The van der Waals surface area contributed by atoms with Crippen LogP contribution in [0.5, 0.6) is 5.75 Å². The molecule has 4 rings (SSSR count). The highest BCUT2D eigenvalue weighted by atomic mass is 35.5. The number of nitrogens with zero attached hydrogens (tertiary/aromatic N) is 1. The fraction of sp³-hybridized carbons (Fsp3) is 0.227. The van der Waals surface area contributed by atoms with Crippen molar-refractivity contribution in [2.24, 2.45) is 0 Å². The number of aryl methyl sites for hydroxylation is 1. The predicted octanol–water partition coefficient (Wildman–Crippen LogP) is 3.41. The molecule has 2 atom stereocenters. The molecule has 0 saturated carbocycles. The summed E-state index contributed by atoms with van der Waals surface area (Å²) in [7, 11) is 5.38. The van der Waals surface area contributed by atoms with Crippen LogP contribution >= 0.6 is 30.1 Å². The molecule has 1 aromatic heterocycles. The molecule has 0 bridgehead atoms. The van der Waals surface area contributed by atoms with Crippen LogP contribution in [0.25, 0.3) is 0 Å². The molecular formula is C22H23ClN2O2P2. The SMILES string of the molecule is Cc1cc(OCc2ccc(P)cc2P)c(Cl)c(=O)n1Cc1ccc2c(c1)CCN2. The van der Waals surface area contributed by atoms with Gasteiger partial charge in [-0.15, -0.1) is 18.5 Å². The van der Waals surface area contributed by atoms with E-state index in [1.807, 2.05) is 31.2 Å². The highest BCUT2D eigenvalue weighted by Gasteiger charge is 2.15. The smallest absolute Gasteiger partial charge is 0.273 e. The summed E-state index contributed by atoms with van der Waals surface area (Å²) in [6.45, 7) is 3.71. The lowest BCUT2D eigenvalue weighted by molar-refractivity contribution is 0.306. The van der Waals surface area contributed by atoms with E-state index in [0.29, 0.717) is 18.9 Å². The van der Waals surface area contributed by atoms with Crippen LogP contribution in [0.2, 0.25) is 5.02 Å². The second-order valence-electron chi connectivity index (χ2n) is 7.27. The number of nitrogens with one attached hydrogen (secondary N) is 1. The molecule has 0 saturated heterocycles. The first kappa shape index (κ1) is 20.4. The topological polar surface area (TPSA) is 43.3 Å². The van der Waals surface area contributed by atoms with Gasteiger partial charge in [-0.25, -0.2) is 0 Å². The standard InChI is InChI=1S/C22H23ClN2O2P2/c1-13-8-19(27-12-16-3-4-17(28)10-20(16)29)21(23)22(26)25(13)11-14-2-5-18-15(9-14)6-7-24-18/h2-5,8-10,24H,6-7,11-12,28-29H2,1H3. The minimum atomic E-state index is -0.230. The van der Waals surface area contributed by atoms with Gasteiger partial charge in [0.25, 0.3) is 5.56 Å². The number of pyridine rings is 1. The number of ether oxygens (including phenoxy) is 1. The lowest BCUT2D eigenvalue weighted by Gasteiger charge is -2.15. The zero-order valence-electron chi connectivity index (χ0n) is 16.2. The first-order valence-electron chi connectivity index (χ1n) is 9.44. The Labute approximate surface area is 180 Å². The monoisotopic (exact) mass is 444 g/mol. The molecule has 4 nitrogen and oxygen atoms in total. The van der Waals surface area contributed by atoms with Crippen LogP contribution in [0.3, 0.4) is 0 Å². The highest BCUT2D eigenvalue weighted by molar-refractivity contribution is 7.29. The second-order valence-corrected chi connectivity index (χ2v) is 8.94. The maximum absolute atomic E-state index is 12.9. The van der Waals surface area contributed by atoms with Crippen LogP contribution in [-0.4, -0.2) is 11.1 Å². The molecule has 3 aromatic rings. The summed E-state index contributed by atoms with van der Waals surface area (Å²) in [5, 5.41) is 5.64. The van der Waals surface area contributed by atoms with Gasteiger partial charge in [-0.2, -0.15) is 0 Å². The maximum atomic E-state index is 12.9. The first-order chi connectivity index (χ1) is 13.9. The first-order valence-corrected chi connectivity index (χ1v) is 11.0. The third-order valence-electron chi connectivity index (χ3n) is 5.19. The van der Waals surface area contributed by atoms with E-state index in [0.717, 1.165) is 40.4 Å². The molecule has 1 aliphatic heterocycles. The summed E-state index contributed by atoms with van der Waals surface area (Å²) in [6, 6.07) is 14.2. The van der Waals surface area contributed by atoms with Gasteiger partial charge in [0.1, 0.15) is 17.4 Å². The number of hydrogen-bond acceptors (Lipinski definition) is 3. The third-order valence-corrected chi connectivity index (χ3v) is 6.43. The summed E-state index contributed by atoms with van der Waals surface area (Å²) in [5.74, 6) is 0.419. The number of hydrogen-bond donors (Lipinski definition) is 1. The Morgan fingerprint density at radius 3 is 2.79 bits per heavy atom. The average Bonchev–Trinajstić information content (AvgIpc) is 3.16. The van der Waals surface area contributed by atoms with Gasteiger partial charge in [-0.05, 0) is 52.8 Å². The predicted molar refractivity (Wildman–Crippen MR) is 128 cm³/mol. The van der Waals surface area contributed by atoms with Crippen LogP contribution < -0.4 is 26.2 Å². The van der Waals surface area contributed by atoms with E-state index in [4.69, 9.17) is 16.3 Å². The Balaban J connectivity index is 1.56. The van der Waals surface area contributed by atoms with Crippen molar-refractivity contribution in [3.63, 3.8) is 0 Å². The number of anilines is 1. The molecule has 0 radical (unpaired) electrons. The molecule has 7 heteroatoms. The molecule has 1 N–H and O–H groups in total. The Kier molecular flexibility index (Phi) is 5.97. The van der Waals surface area contributed by atoms with Crippen molar-refractivity contribution in [1.82, 2.24) is 4.57 Å². The minimum absolute atomic E-state index is 0.117. The summed E-state index contributed by atoms with van der Waals surface area (Å²) in [5.41, 5.74) is 5.19. The molecule has 150 valence electrons. The van der Waals surface area contributed by atoms with Crippen molar-refractivity contribution < 1.29 is 4.74 Å². The fourth-order valence-electron chi connectivity index (χ4n) is 3.56. The number of rotatable bonds is 5. The van der Waals surface area contributed by atoms with Crippen molar-refractivity contribution in [1.29, 1.82) is 0 Å². The van der Waals surface area contributed by atoms with E-state index in [1.165, 1.54) is 11.3 Å². The van der Waals surface area contributed by atoms with Crippen molar-refractivity contribution >= 4 is 46.4 Å². The summed E-state index contributed by atoms with van der Waals surface area (Å²) in [6.07, 6.45) is 1.01. The molecule has 0 amide bonds. The van der Waals surface area contributed by atoms with Crippen LogP contribution in [0, 0.1) is 6.92 Å². The van der Waals surface area contributed by atoms with Gasteiger partial charge in [-0.3, -0.25) is 4.79 Å². The normalized spacial score (nSPS) is 12.6. The van der Waals surface area contributed by atoms with Gasteiger partial charge >= 0.3 is 0 Å². The Morgan fingerprint density at radius 1 is 1.17 bits per heavy atom. The van der Waals surface area contributed by atoms with Gasteiger partial charge < -0.3 is 14.6 Å². The number of fused-ring (bicyclic) bond motifs is 1. The molecule has 2 aromatic carbocycles. The van der Waals surface area contributed by atoms with Crippen molar-refractivity contribution in [3.8, 4) is 5.75 Å². The molecular weight excluding hydrogens is 422 g/mol. The second kappa shape index (κ2) is 8.48. The van der Waals surface area contributed by atoms with Crippen LogP contribution in [0.15, 0.2) is 47.3 Å². The lowest BCUT2D eigenvalue weighted by atomic mass is 10.1. The maximum Gasteiger partial charge on any atom is 0.273 e. The molecule has 0 fully saturated rings. The lowest BCUT2D eigenvalue weighted by Crippen LogP contribution is -2.24. The molecule has 2 unspecified atom stereocenters. The fourth-order valence-corrected chi connectivity index (χ4v) is 4.61. The van der Waals surface area contributed by atoms with Gasteiger partial charge in [0, 0.05) is 24.0 Å². The van der Waals surface area contributed by atoms with Gasteiger partial charge in [0.2, 0.25) is 0 Å². The zero-order chi connectivity index (χ0) is 20.5. The van der Waals surface area contributed by atoms with E-state index in [9.17, 15) is 4.79 Å². The van der Waals surface area contributed by atoms with E-state index in [-0.39, 0.29) is 10.6 Å². The average molecular weight is 445 g/mol. The Hall–Kier alpha value is -1.86. The molecule has 29 heavy (non-hydrogen) atoms. The molecule has 0 spiro atoms. The van der Waals surface area contributed by atoms with Gasteiger partial charge in [0.15, 0.2) is 0 Å². The third kappa shape index (κ3) is 4.36. The van der Waals surface area contributed by atoms with E-state index < -0.39 is 0 Å². The van der Waals surface area contributed by atoms with Crippen LogP contribution in [0.1, 0.15) is 22.4 Å². The Morgan fingerprint density at radius 2 is 2.00 bits per heavy atom. The number of benzene rings is 2. The molecule has 1 aliphatic rings. The summed E-state index contributed by atoms with van der Waals surface area (Å²) >= 11 is 6.38. The number of halogens is 1. The van der Waals surface area contributed by atoms with Crippen molar-refractivity contribution in [2.75, 3.05) is 11.9 Å². The summed E-state index contributed by atoms with van der Waals surface area (Å²) in [4.78, 5) is 12.9. The van der Waals surface area contributed by atoms with Crippen LogP contribution in [0.4, 0.5) is 5.69 Å². The van der Waals surface area contributed by atoms with E-state index in [2.05, 4.69) is 42.0 Å². The molecule has 0 aliphatic carbocycles. The highest BCUT2D eigenvalue weighted by Crippen LogP contribution is 2.25. The molecule has 2 heterocycles.